The Morgan fingerprint density at radius 1 is 1.29 bits per heavy atom. The number of hydrogen-bond acceptors (Lipinski definition) is 4. The molecule has 0 aromatic heterocycles. The summed E-state index contributed by atoms with van der Waals surface area (Å²) in [4.78, 5) is 24.0. The SMILES string of the molecule is CC(C)COCCC(=O)C(C#N)C(=O)NC1CCCCC1. The lowest BCUT2D eigenvalue weighted by Crippen LogP contribution is -2.42. The first-order valence-electron chi connectivity index (χ1n) is 7.85. The van der Waals surface area contributed by atoms with Gasteiger partial charge in [-0.1, -0.05) is 33.1 Å². The van der Waals surface area contributed by atoms with Crippen molar-refractivity contribution in [2.75, 3.05) is 13.2 Å². The zero-order chi connectivity index (χ0) is 15.7. The van der Waals surface area contributed by atoms with Crippen molar-refractivity contribution >= 4 is 11.7 Å². The number of nitrogens with zero attached hydrogens (tertiary/aromatic N) is 1. The Balaban J connectivity index is 2.35. The van der Waals surface area contributed by atoms with Gasteiger partial charge in [-0.2, -0.15) is 5.26 Å². The standard InChI is InChI=1S/C16H26N2O3/c1-12(2)11-21-9-8-15(19)14(10-17)16(20)18-13-6-4-3-5-7-13/h12-14H,3-9,11H2,1-2H3,(H,18,20). The first kappa shape index (κ1) is 17.6. The number of carbonyl (C=O) groups excluding carboxylic acids is 2. The Labute approximate surface area is 127 Å². The van der Waals surface area contributed by atoms with Crippen LogP contribution in [-0.4, -0.2) is 30.9 Å². The van der Waals surface area contributed by atoms with Gasteiger partial charge in [-0.3, -0.25) is 9.59 Å². The number of amides is 1. The molecule has 1 rings (SSSR count). The Kier molecular flexibility index (Phi) is 7.99. The van der Waals surface area contributed by atoms with E-state index in [9.17, 15) is 9.59 Å². The number of nitriles is 1. The van der Waals surface area contributed by atoms with Crippen molar-refractivity contribution < 1.29 is 14.3 Å². The number of Topliss-reactive ketones (excluding diaryl/α,β-unsaturated/α-hetero) is 1. The van der Waals surface area contributed by atoms with Gasteiger partial charge in [0.1, 0.15) is 0 Å². The van der Waals surface area contributed by atoms with Crippen molar-refractivity contribution in [3.63, 3.8) is 0 Å². The van der Waals surface area contributed by atoms with Crippen molar-refractivity contribution in [1.29, 1.82) is 5.26 Å². The van der Waals surface area contributed by atoms with E-state index in [0.717, 1.165) is 25.7 Å². The van der Waals surface area contributed by atoms with E-state index in [4.69, 9.17) is 10.00 Å². The number of nitrogens with one attached hydrogen (secondary N) is 1. The summed E-state index contributed by atoms with van der Waals surface area (Å²) in [6.45, 7) is 4.90. The molecule has 21 heavy (non-hydrogen) atoms. The highest BCUT2D eigenvalue weighted by molar-refractivity contribution is 6.04. The number of ketones is 1. The Morgan fingerprint density at radius 3 is 2.52 bits per heavy atom. The molecule has 1 aliphatic rings. The first-order chi connectivity index (χ1) is 10.0. The van der Waals surface area contributed by atoms with Gasteiger partial charge in [-0.15, -0.1) is 0 Å². The van der Waals surface area contributed by atoms with Crippen LogP contribution in [-0.2, 0) is 14.3 Å². The van der Waals surface area contributed by atoms with Crippen LogP contribution in [0.4, 0.5) is 0 Å². The van der Waals surface area contributed by atoms with E-state index in [2.05, 4.69) is 5.32 Å². The van der Waals surface area contributed by atoms with Gasteiger partial charge >= 0.3 is 0 Å². The molecule has 0 aromatic rings. The molecule has 0 spiro atoms. The van der Waals surface area contributed by atoms with E-state index in [0.29, 0.717) is 12.5 Å². The van der Waals surface area contributed by atoms with Crippen molar-refractivity contribution in [3.8, 4) is 6.07 Å². The van der Waals surface area contributed by atoms with Crippen molar-refractivity contribution in [3.05, 3.63) is 0 Å². The number of ether oxygens (including phenoxy) is 1. The molecule has 0 aliphatic heterocycles. The zero-order valence-corrected chi connectivity index (χ0v) is 13.1. The van der Waals surface area contributed by atoms with Crippen molar-refractivity contribution in [1.82, 2.24) is 5.32 Å². The minimum Gasteiger partial charge on any atom is -0.381 e. The fourth-order valence-corrected chi connectivity index (χ4v) is 2.44. The van der Waals surface area contributed by atoms with Crippen LogP contribution >= 0.6 is 0 Å². The lowest BCUT2D eigenvalue weighted by atomic mass is 9.94. The van der Waals surface area contributed by atoms with Gasteiger partial charge in [0.05, 0.1) is 12.7 Å². The van der Waals surface area contributed by atoms with Crippen LogP contribution in [0.3, 0.4) is 0 Å². The summed E-state index contributed by atoms with van der Waals surface area (Å²) >= 11 is 0. The van der Waals surface area contributed by atoms with Crippen molar-refractivity contribution in [2.24, 2.45) is 11.8 Å². The molecular formula is C16H26N2O3. The monoisotopic (exact) mass is 294 g/mol. The molecule has 1 saturated carbocycles. The average molecular weight is 294 g/mol. The lowest BCUT2D eigenvalue weighted by molar-refractivity contribution is -0.132. The summed E-state index contributed by atoms with van der Waals surface area (Å²) in [6, 6.07) is 1.94. The lowest BCUT2D eigenvalue weighted by Gasteiger charge is -2.23. The highest BCUT2D eigenvalue weighted by Gasteiger charge is 2.28. The van der Waals surface area contributed by atoms with E-state index >= 15 is 0 Å². The molecule has 5 heteroatoms. The van der Waals surface area contributed by atoms with Crippen molar-refractivity contribution in [2.45, 2.75) is 58.4 Å². The molecule has 0 saturated heterocycles. The molecule has 0 bridgehead atoms. The van der Waals surface area contributed by atoms with Gasteiger partial charge in [0.25, 0.3) is 0 Å². The molecule has 1 amide bonds. The predicted octanol–water partition coefficient (Wildman–Crippen LogP) is 2.21. The third-order valence-corrected chi connectivity index (χ3v) is 3.61. The van der Waals surface area contributed by atoms with E-state index in [1.54, 1.807) is 0 Å². The Hall–Kier alpha value is -1.41. The fraction of sp³-hybridized carbons (Fsp3) is 0.812. The van der Waals surface area contributed by atoms with Gasteiger partial charge in [-0.25, -0.2) is 0 Å². The predicted molar refractivity (Wildman–Crippen MR) is 79.4 cm³/mol. The highest BCUT2D eigenvalue weighted by Crippen LogP contribution is 2.18. The van der Waals surface area contributed by atoms with Crippen LogP contribution in [0.2, 0.25) is 0 Å². The second-order valence-corrected chi connectivity index (χ2v) is 6.09. The number of hydrogen-bond donors (Lipinski definition) is 1. The topological polar surface area (TPSA) is 79.2 Å². The van der Waals surface area contributed by atoms with Crippen LogP contribution in [0, 0.1) is 23.2 Å². The molecule has 1 fully saturated rings. The maximum Gasteiger partial charge on any atom is 0.245 e. The highest BCUT2D eigenvalue weighted by atomic mass is 16.5. The summed E-state index contributed by atoms with van der Waals surface area (Å²) in [5.74, 6) is -1.59. The van der Waals surface area contributed by atoms with E-state index in [1.165, 1.54) is 6.42 Å². The van der Waals surface area contributed by atoms with E-state index in [-0.39, 0.29) is 24.9 Å². The Morgan fingerprint density at radius 2 is 1.95 bits per heavy atom. The quantitative estimate of drug-likeness (QED) is 0.550. The van der Waals surface area contributed by atoms with E-state index in [1.807, 2.05) is 19.9 Å². The van der Waals surface area contributed by atoms with Crippen LogP contribution in [0.15, 0.2) is 0 Å². The maximum absolute atomic E-state index is 12.0. The van der Waals surface area contributed by atoms with Gasteiger partial charge < -0.3 is 10.1 Å². The van der Waals surface area contributed by atoms with Gasteiger partial charge in [-0.05, 0) is 18.8 Å². The van der Waals surface area contributed by atoms with E-state index < -0.39 is 11.8 Å². The summed E-state index contributed by atoms with van der Waals surface area (Å²) in [6.07, 6.45) is 5.38. The molecule has 5 nitrogen and oxygen atoms in total. The minimum atomic E-state index is -1.20. The summed E-state index contributed by atoms with van der Waals surface area (Å²) in [5, 5.41) is 11.9. The smallest absolute Gasteiger partial charge is 0.245 e. The summed E-state index contributed by atoms with van der Waals surface area (Å²) in [5.41, 5.74) is 0. The van der Waals surface area contributed by atoms with Gasteiger partial charge in [0.2, 0.25) is 5.91 Å². The minimum absolute atomic E-state index is 0.114. The van der Waals surface area contributed by atoms with Crippen LogP contribution in [0.25, 0.3) is 0 Å². The Bertz CT molecular complexity index is 381. The van der Waals surface area contributed by atoms with Crippen LogP contribution < -0.4 is 5.32 Å². The average Bonchev–Trinajstić information content (AvgIpc) is 2.45. The number of carbonyl (C=O) groups is 2. The maximum atomic E-state index is 12.0. The molecule has 1 unspecified atom stereocenters. The van der Waals surface area contributed by atoms with Gasteiger partial charge in [0, 0.05) is 19.1 Å². The second kappa shape index (κ2) is 9.51. The molecule has 1 aliphatic carbocycles. The molecule has 0 radical (unpaired) electrons. The molecule has 0 aromatic carbocycles. The summed E-state index contributed by atoms with van der Waals surface area (Å²) in [7, 11) is 0. The second-order valence-electron chi connectivity index (χ2n) is 6.09. The molecule has 0 heterocycles. The van der Waals surface area contributed by atoms with Crippen LogP contribution in [0.1, 0.15) is 52.4 Å². The molecule has 1 atom stereocenters. The zero-order valence-electron chi connectivity index (χ0n) is 13.1. The molecule has 118 valence electrons. The van der Waals surface area contributed by atoms with Gasteiger partial charge in [0.15, 0.2) is 11.7 Å². The normalized spacial score (nSPS) is 17.2. The molecular weight excluding hydrogens is 268 g/mol. The third-order valence-electron chi connectivity index (χ3n) is 3.61. The van der Waals surface area contributed by atoms with Crippen LogP contribution in [0.5, 0.6) is 0 Å². The first-order valence-corrected chi connectivity index (χ1v) is 7.85. The summed E-state index contributed by atoms with van der Waals surface area (Å²) < 4.78 is 5.33. The molecule has 1 N–H and O–H groups in total. The fourth-order valence-electron chi connectivity index (χ4n) is 2.44. The third kappa shape index (κ3) is 6.72. The number of rotatable bonds is 8. The largest absolute Gasteiger partial charge is 0.381 e.